The Morgan fingerprint density at radius 1 is 1.36 bits per heavy atom. The lowest BCUT2D eigenvalue weighted by molar-refractivity contribution is -0.158. The second-order valence-corrected chi connectivity index (χ2v) is 5.01. The summed E-state index contributed by atoms with van der Waals surface area (Å²) in [5, 5.41) is 0. The van der Waals surface area contributed by atoms with Crippen molar-refractivity contribution < 1.29 is 28.6 Å². The average molecular weight is 310 g/mol. The number of hydrogen-bond donors (Lipinski definition) is 0. The van der Waals surface area contributed by atoms with Gasteiger partial charge in [-0.25, -0.2) is 4.79 Å². The van der Waals surface area contributed by atoms with E-state index in [-0.39, 0.29) is 12.1 Å². The predicted molar refractivity (Wildman–Crippen MR) is 78.8 cm³/mol. The van der Waals surface area contributed by atoms with E-state index in [0.29, 0.717) is 6.42 Å². The zero-order chi connectivity index (χ0) is 16.5. The van der Waals surface area contributed by atoms with Crippen LogP contribution in [0.3, 0.4) is 0 Å². The molecule has 0 aromatic carbocycles. The van der Waals surface area contributed by atoms with Gasteiger partial charge in [-0.1, -0.05) is 13.3 Å². The highest BCUT2D eigenvalue weighted by atomic mass is 16.6. The molecule has 0 fully saturated rings. The van der Waals surface area contributed by atoms with Crippen LogP contribution in [-0.2, 0) is 28.6 Å². The van der Waals surface area contributed by atoms with Gasteiger partial charge < -0.3 is 14.2 Å². The highest BCUT2D eigenvalue weighted by Gasteiger charge is 2.27. The van der Waals surface area contributed by atoms with Gasteiger partial charge in [0.05, 0.1) is 0 Å². The lowest BCUT2D eigenvalue weighted by atomic mass is 10.1. The van der Waals surface area contributed by atoms with Crippen LogP contribution in [0.2, 0.25) is 0 Å². The van der Waals surface area contributed by atoms with Gasteiger partial charge in [0, 0.05) is 19.9 Å². The van der Waals surface area contributed by atoms with Crippen molar-refractivity contribution in [1.82, 2.24) is 0 Å². The molecule has 0 aliphatic carbocycles. The lowest BCUT2D eigenvalue weighted by Crippen LogP contribution is -2.35. The summed E-state index contributed by atoms with van der Waals surface area (Å²) in [6, 6.07) is 0. The van der Waals surface area contributed by atoms with Gasteiger partial charge in [-0.2, -0.15) is 0 Å². The van der Waals surface area contributed by atoms with E-state index in [4.69, 9.17) is 14.2 Å². The van der Waals surface area contributed by atoms with Crippen molar-refractivity contribution in [3.63, 3.8) is 0 Å². The number of ether oxygens (including phenoxy) is 3. The van der Waals surface area contributed by atoms with E-state index in [1.165, 1.54) is 26.0 Å². The topological polar surface area (TPSA) is 78.9 Å². The van der Waals surface area contributed by atoms with Crippen LogP contribution in [0.5, 0.6) is 0 Å². The summed E-state index contributed by atoms with van der Waals surface area (Å²) in [4.78, 5) is 33.5. The van der Waals surface area contributed by atoms with E-state index in [0.717, 1.165) is 12.8 Å². The predicted octanol–water partition coefficient (Wildman–Crippen LogP) is 2.08. The highest BCUT2D eigenvalue weighted by molar-refractivity contribution is 5.83. The first-order chi connectivity index (χ1) is 10.4. The van der Waals surface area contributed by atoms with Crippen molar-refractivity contribution in [3.8, 4) is 0 Å². The maximum absolute atomic E-state index is 11.3. The molecule has 22 heavy (non-hydrogen) atoms. The molecule has 0 bridgehead atoms. The van der Waals surface area contributed by atoms with Crippen LogP contribution < -0.4 is 0 Å². The Balaban J connectivity index is 2.75. The summed E-state index contributed by atoms with van der Waals surface area (Å²) < 4.78 is 15.4. The third-order valence-electron chi connectivity index (χ3n) is 2.98. The number of unbranched alkanes of at least 4 members (excludes halogenated alkanes) is 1. The fraction of sp³-hybridized carbons (Fsp3) is 0.562. The zero-order valence-electron chi connectivity index (χ0n) is 13.1. The molecular weight excluding hydrogens is 288 g/mol. The minimum atomic E-state index is -0.721. The first-order valence-corrected chi connectivity index (χ1v) is 7.34. The van der Waals surface area contributed by atoms with E-state index in [9.17, 15) is 14.4 Å². The van der Waals surface area contributed by atoms with Crippen molar-refractivity contribution in [3.05, 3.63) is 24.3 Å². The Morgan fingerprint density at radius 2 is 2.09 bits per heavy atom. The standard InChI is InChI=1S/C16H22O6/c1-4-5-6-13(20-11(2)17)7-8-15-14(21-12(3)18)9-10-16(19)22-15/h7-10,13-15H,4-6H2,1-3H3/b8-7+/t13-,14-,15-/m0/s1. The Bertz CT molecular complexity index is 465. The number of esters is 3. The Hall–Kier alpha value is -2.11. The van der Waals surface area contributed by atoms with Gasteiger partial charge >= 0.3 is 17.9 Å². The summed E-state index contributed by atoms with van der Waals surface area (Å²) in [5.41, 5.74) is 0. The molecule has 1 aliphatic rings. The summed E-state index contributed by atoms with van der Waals surface area (Å²) in [6.45, 7) is 4.67. The molecule has 6 nitrogen and oxygen atoms in total. The molecule has 0 spiro atoms. The molecule has 6 heteroatoms. The van der Waals surface area contributed by atoms with Gasteiger partial charge in [-0.3, -0.25) is 9.59 Å². The molecule has 0 aromatic heterocycles. The Kier molecular flexibility index (Phi) is 7.36. The first kappa shape index (κ1) is 17.9. The Morgan fingerprint density at radius 3 is 2.68 bits per heavy atom. The third kappa shape index (κ3) is 6.56. The molecule has 1 heterocycles. The minimum Gasteiger partial charge on any atom is -0.458 e. The maximum Gasteiger partial charge on any atom is 0.331 e. The van der Waals surface area contributed by atoms with Crippen LogP contribution in [0, 0.1) is 0 Å². The lowest BCUT2D eigenvalue weighted by Gasteiger charge is -2.25. The zero-order valence-corrected chi connectivity index (χ0v) is 13.1. The maximum atomic E-state index is 11.3. The molecule has 0 aromatic rings. The van der Waals surface area contributed by atoms with E-state index >= 15 is 0 Å². The quantitative estimate of drug-likeness (QED) is 0.407. The molecule has 3 atom stereocenters. The molecule has 0 N–H and O–H groups in total. The number of hydrogen-bond acceptors (Lipinski definition) is 6. The highest BCUT2D eigenvalue weighted by Crippen LogP contribution is 2.16. The minimum absolute atomic E-state index is 0.372. The van der Waals surface area contributed by atoms with Crippen LogP contribution in [0.4, 0.5) is 0 Å². The monoisotopic (exact) mass is 310 g/mol. The van der Waals surface area contributed by atoms with Gasteiger partial charge in [0.2, 0.25) is 0 Å². The summed E-state index contributed by atoms with van der Waals surface area (Å²) in [5.74, 6) is -1.34. The number of cyclic esters (lactones) is 1. The molecular formula is C16H22O6. The SMILES string of the molecule is CCCC[C@@H](/C=C/[C@@H]1OC(=O)C=C[C@@H]1OC(C)=O)OC(C)=O. The van der Waals surface area contributed by atoms with Crippen molar-refractivity contribution in [1.29, 1.82) is 0 Å². The molecule has 0 radical (unpaired) electrons. The van der Waals surface area contributed by atoms with E-state index in [2.05, 4.69) is 0 Å². The van der Waals surface area contributed by atoms with Crippen LogP contribution in [-0.4, -0.2) is 36.2 Å². The van der Waals surface area contributed by atoms with Crippen molar-refractivity contribution >= 4 is 17.9 Å². The fourth-order valence-corrected chi connectivity index (χ4v) is 2.02. The van der Waals surface area contributed by atoms with Gasteiger partial charge in [0.25, 0.3) is 0 Å². The number of carbonyl (C=O) groups is 3. The summed E-state index contributed by atoms with van der Waals surface area (Å²) >= 11 is 0. The van der Waals surface area contributed by atoms with Crippen LogP contribution in [0.25, 0.3) is 0 Å². The van der Waals surface area contributed by atoms with Crippen LogP contribution >= 0.6 is 0 Å². The van der Waals surface area contributed by atoms with Gasteiger partial charge in [0.1, 0.15) is 6.10 Å². The van der Waals surface area contributed by atoms with Gasteiger partial charge in [-0.05, 0) is 31.1 Å². The van der Waals surface area contributed by atoms with Gasteiger partial charge in [0.15, 0.2) is 12.2 Å². The second-order valence-electron chi connectivity index (χ2n) is 5.01. The number of carbonyl (C=O) groups excluding carboxylic acids is 3. The normalized spacial score (nSPS) is 22.2. The van der Waals surface area contributed by atoms with Crippen molar-refractivity contribution in [2.45, 2.75) is 58.3 Å². The molecule has 0 amide bonds. The molecule has 1 rings (SSSR count). The molecule has 1 aliphatic heterocycles. The first-order valence-electron chi connectivity index (χ1n) is 7.34. The fourth-order valence-electron chi connectivity index (χ4n) is 2.02. The number of rotatable bonds is 7. The smallest absolute Gasteiger partial charge is 0.331 e. The average Bonchev–Trinajstić information content (AvgIpc) is 2.43. The molecule has 0 saturated heterocycles. The second kappa shape index (κ2) is 9.02. The molecule has 0 unspecified atom stereocenters. The van der Waals surface area contributed by atoms with Crippen LogP contribution in [0.15, 0.2) is 24.3 Å². The molecule has 0 saturated carbocycles. The molecule has 122 valence electrons. The van der Waals surface area contributed by atoms with E-state index < -0.39 is 24.1 Å². The summed E-state index contributed by atoms with van der Waals surface area (Å²) in [6.07, 6.45) is 6.75. The third-order valence-corrected chi connectivity index (χ3v) is 2.98. The van der Waals surface area contributed by atoms with E-state index in [1.54, 1.807) is 12.2 Å². The van der Waals surface area contributed by atoms with Gasteiger partial charge in [-0.15, -0.1) is 0 Å². The van der Waals surface area contributed by atoms with Crippen molar-refractivity contribution in [2.75, 3.05) is 0 Å². The van der Waals surface area contributed by atoms with E-state index in [1.807, 2.05) is 6.92 Å². The Labute approximate surface area is 130 Å². The largest absolute Gasteiger partial charge is 0.458 e. The van der Waals surface area contributed by atoms with Crippen molar-refractivity contribution in [2.24, 2.45) is 0 Å². The summed E-state index contributed by atoms with van der Waals surface area (Å²) in [7, 11) is 0. The van der Waals surface area contributed by atoms with Crippen LogP contribution in [0.1, 0.15) is 40.0 Å².